The van der Waals surface area contributed by atoms with E-state index in [1.807, 2.05) is 12.1 Å². The third kappa shape index (κ3) is 2.82. The summed E-state index contributed by atoms with van der Waals surface area (Å²) >= 11 is 0. The van der Waals surface area contributed by atoms with Gasteiger partial charge in [-0.1, -0.05) is 39.0 Å². The van der Waals surface area contributed by atoms with E-state index >= 15 is 0 Å². The van der Waals surface area contributed by atoms with Crippen molar-refractivity contribution in [1.29, 1.82) is 0 Å². The van der Waals surface area contributed by atoms with Crippen molar-refractivity contribution in [3.05, 3.63) is 29.3 Å². The number of benzene rings is 1. The summed E-state index contributed by atoms with van der Waals surface area (Å²) < 4.78 is 6.08. The second-order valence-corrected chi connectivity index (χ2v) is 6.96. The van der Waals surface area contributed by atoms with E-state index in [9.17, 15) is 5.11 Å². The van der Waals surface area contributed by atoms with Crippen molar-refractivity contribution in [2.45, 2.75) is 51.7 Å². The Balaban J connectivity index is 1.82. The number of aliphatic hydroxyl groups excluding tert-OH is 1. The lowest BCUT2D eigenvalue weighted by Gasteiger charge is -2.41. The molecular formula is C18H27NO2. The standard InChI is InChI=1S/C18H27NO2/c1-12(2)14-5-4-6-15-17(20)16(11-21-18(14)15)19-9-7-13(3)8-10-19/h4-6,12-13,16-17,20H,7-11H2,1-3H3. The zero-order valence-electron chi connectivity index (χ0n) is 13.4. The van der Waals surface area contributed by atoms with Gasteiger partial charge in [-0.15, -0.1) is 0 Å². The molecule has 2 heterocycles. The SMILES string of the molecule is CC1CCN(C2COc3c(C(C)C)cccc3C2O)CC1. The highest BCUT2D eigenvalue weighted by Crippen LogP contribution is 2.40. The van der Waals surface area contributed by atoms with E-state index in [1.165, 1.54) is 18.4 Å². The highest BCUT2D eigenvalue weighted by Gasteiger charge is 2.36. The number of fused-ring (bicyclic) bond motifs is 1. The summed E-state index contributed by atoms with van der Waals surface area (Å²) in [4.78, 5) is 2.41. The molecule has 3 heteroatoms. The third-order valence-electron chi connectivity index (χ3n) is 5.07. The molecule has 2 unspecified atom stereocenters. The zero-order chi connectivity index (χ0) is 15.0. The van der Waals surface area contributed by atoms with Crippen LogP contribution in [0.1, 0.15) is 56.8 Å². The highest BCUT2D eigenvalue weighted by atomic mass is 16.5. The fourth-order valence-corrected chi connectivity index (χ4v) is 3.56. The van der Waals surface area contributed by atoms with Crippen LogP contribution in [0.25, 0.3) is 0 Å². The molecule has 1 aromatic rings. The van der Waals surface area contributed by atoms with Crippen LogP contribution in [0.5, 0.6) is 5.75 Å². The summed E-state index contributed by atoms with van der Waals surface area (Å²) in [5.74, 6) is 2.14. The molecular weight excluding hydrogens is 262 g/mol. The molecule has 2 atom stereocenters. The summed E-state index contributed by atoms with van der Waals surface area (Å²) in [6.45, 7) is 9.41. The molecule has 1 aromatic carbocycles. The van der Waals surface area contributed by atoms with Gasteiger partial charge >= 0.3 is 0 Å². The minimum Gasteiger partial charge on any atom is -0.491 e. The van der Waals surface area contributed by atoms with Gasteiger partial charge in [0.1, 0.15) is 18.5 Å². The molecule has 2 aliphatic rings. The van der Waals surface area contributed by atoms with E-state index in [1.54, 1.807) is 0 Å². The van der Waals surface area contributed by atoms with Crippen LogP contribution in [0, 0.1) is 5.92 Å². The molecule has 0 bridgehead atoms. The first-order valence-corrected chi connectivity index (χ1v) is 8.25. The smallest absolute Gasteiger partial charge is 0.128 e. The van der Waals surface area contributed by atoms with Crippen molar-refractivity contribution in [3.8, 4) is 5.75 Å². The predicted octanol–water partition coefficient (Wildman–Crippen LogP) is 3.34. The largest absolute Gasteiger partial charge is 0.491 e. The van der Waals surface area contributed by atoms with Gasteiger partial charge in [0.05, 0.1) is 6.04 Å². The molecule has 3 rings (SSSR count). The lowest BCUT2D eigenvalue weighted by atomic mass is 9.90. The molecule has 2 aliphatic heterocycles. The van der Waals surface area contributed by atoms with Crippen LogP contribution >= 0.6 is 0 Å². The quantitative estimate of drug-likeness (QED) is 0.906. The minimum atomic E-state index is -0.430. The minimum absolute atomic E-state index is 0.104. The van der Waals surface area contributed by atoms with Crippen molar-refractivity contribution in [3.63, 3.8) is 0 Å². The molecule has 0 saturated carbocycles. The fourth-order valence-electron chi connectivity index (χ4n) is 3.56. The van der Waals surface area contributed by atoms with Gasteiger partial charge in [-0.3, -0.25) is 4.90 Å². The van der Waals surface area contributed by atoms with E-state index < -0.39 is 6.10 Å². The Hall–Kier alpha value is -1.06. The van der Waals surface area contributed by atoms with Crippen molar-refractivity contribution < 1.29 is 9.84 Å². The summed E-state index contributed by atoms with van der Waals surface area (Å²) in [7, 11) is 0. The van der Waals surface area contributed by atoms with E-state index in [-0.39, 0.29) is 6.04 Å². The molecule has 1 N–H and O–H groups in total. The van der Waals surface area contributed by atoms with Crippen molar-refractivity contribution >= 4 is 0 Å². The molecule has 0 radical (unpaired) electrons. The second kappa shape index (κ2) is 5.98. The second-order valence-electron chi connectivity index (χ2n) is 6.96. The predicted molar refractivity (Wildman–Crippen MR) is 84.7 cm³/mol. The Kier molecular flexibility index (Phi) is 4.23. The molecule has 21 heavy (non-hydrogen) atoms. The van der Waals surface area contributed by atoms with Crippen LogP contribution in [0.4, 0.5) is 0 Å². The first-order valence-electron chi connectivity index (χ1n) is 8.25. The molecule has 1 fully saturated rings. The number of para-hydroxylation sites is 1. The Morgan fingerprint density at radius 2 is 1.95 bits per heavy atom. The third-order valence-corrected chi connectivity index (χ3v) is 5.07. The first kappa shape index (κ1) is 14.9. The van der Waals surface area contributed by atoms with Gasteiger partial charge in [-0.05, 0) is 43.3 Å². The summed E-state index contributed by atoms with van der Waals surface area (Å²) in [6, 6.07) is 6.28. The topological polar surface area (TPSA) is 32.7 Å². The van der Waals surface area contributed by atoms with Crippen LogP contribution in [0.15, 0.2) is 18.2 Å². The van der Waals surface area contributed by atoms with Gasteiger partial charge < -0.3 is 9.84 Å². The van der Waals surface area contributed by atoms with Crippen LogP contribution in [0.3, 0.4) is 0 Å². The van der Waals surface area contributed by atoms with Crippen LogP contribution in [-0.4, -0.2) is 35.7 Å². The Morgan fingerprint density at radius 3 is 2.62 bits per heavy atom. The lowest BCUT2D eigenvalue weighted by molar-refractivity contribution is -0.0101. The number of hydrogen-bond acceptors (Lipinski definition) is 3. The Labute approximate surface area is 127 Å². The number of nitrogens with zero attached hydrogens (tertiary/aromatic N) is 1. The zero-order valence-corrected chi connectivity index (χ0v) is 13.4. The molecule has 1 saturated heterocycles. The maximum atomic E-state index is 10.8. The van der Waals surface area contributed by atoms with Gasteiger partial charge in [-0.2, -0.15) is 0 Å². The Bertz CT molecular complexity index is 492. The average Bonchev–Trinajstić information content (AvgIpc) is 2.48. The molecule has 0 spiro atoms. The van der Waals surface area contributed by atoms with Crippen LogP contribution in [0.2, 0.25) is 0 Å². The summed E-state index contributed by atoms with van der Waals surface area (Å²) in [6.07, 6.45) is 2.02. The number of piperidine rings is 1. The van der Waals surface area contributed by atoms with Crippen LogP contribution in [-0.2, 0) is 0 Å². The van der Waals surface area contributed by atoms with E-state index in [0.29, 0.717) is 12.5 Å². The first-order chi connectivity index (χ1) is 10.1. The monoisotopic (exact) mass is 289 g/mol. The number of likely N-dealkylation sites (tertiary alicyclic amines) is 1. The molecule has 116 valence electrons. The number of aliphatic hydroxyl groups is 1. The number of rotatable bonds is 2. The Morgan fingerprint density at radius 1 is 1.24 bits per heavy atom. The highest BCUT2D eigenvalue weighted by molar-refractivity contribution is 5.46. The van der Waals surface area contributed by atoms with Crippen molar-refractivity contribution in [1.82, 2.24) is 4.90 Å². The summed E-state index contributed by atoms with van der Waals surface area (Å²) in [5, 5.41) is 10.8. The van der Waals surface area contributed by atoms with Gasteiger partial charge in [0.15, 0.2) is 0 Å². The maximum Gasteiger partial charge on any atom is 0.128 e. The number of hydrogen-bond donors (Lipinski definition) is 1. The van der Waals surface area contributed by atoms with Gasteiger partial charge in [0.25, 0.3) is 0 Å². The average molecular weight is 289 g/mol. The van der Waals surface area contributed by atoms with E-state index in [4.69, 9.17) is 4.74 Å². The van der Waals surface area contributed by atoms with Gasteiger partial charge in [0, 0.05) is 5.56 Å². The lowest BCUT2D eigenvalue weighted by Crippen LogP contribution is -2.49. The normalized spacial score (nSPS) is 27.5. The molecule has 0 amide bonds. The molecule has 0 aromatic heterocycles. The van der Waals surface area contributed by atoms with Crippen molar-refractivity contribution in [2.75, 3.05) is 19.7 Å². The fraction of sp³-hybridized carbons (Fsp3) is 0.667. The van der Waals surface area contributed by atoms with Crippen LogP contribution < -0.4 is 4.74 Å². The van der Waals surface area contributed by atoms with Crippen molar-refractivity contribution in [2.24, 2.45) is 5.92 Å². The number of ether oxygens (including phenoxy) is 1. The van der Waals surface area contributed by atoms with E-state index in [2.05, 4.69) is 31.7 Å². The van der Waals surface area contributed by atoms with Gasteiger partial charge in [0.2, 0.25) is 0 Å². The summed E-state index contributed by atoms with van der Waals surface area (Å²) in [5.41, 5.74) is 2.17. The van der Waals surface area contributed by atoms with Gasteiger partial charge in [-0.25, -0.2) is 0 Å². The maximum absolute atomic E-state index is 10.8. The molecule has 3 nitrogen and oxygen atoms in total. The molecule has 0 aliphatic carbocycles. The van der Waals surface area contributed by atoms with E-state index in [0.717, 1.165) is 30.3 Å².